The second-order valence-electron chi connectivity index (χ2n) is 6.94. The van der Waals surface area contributed by atoms with Gasteiger partial charge in [-0.2, -0.15) is 0 Å². The van der Waals surface area contributed by atoms with Crippen LogP contribution in [-0.4, -0.2) is 11.7 Å². The average Bonchev–Trinajstić information content (AvgIpc) is 2.63. The zero-order valence-corrected chi connectivity index (χ0v) is 16.0. The lowest BCUT2D eigenvalue weighted by Gasteiger charge is -2.20. The van der Waals surface area contributed by atoms with Crippen molar-refractivity contribution < 1.29 is 4.79 Å². The van der Waals surface area contributed by atoms with Gasteiger partial charge in [-0.05, 0) is 67.3 Å². The first kappa shape index (κ1) is 18.1. The molecular weight excluding hydrogens is 326 g/mol. The number of nitrogens with one attached hydrogen (secondary N) is 1. The molecule has 1 atom stereocenters. The summed E-state index contributed by atoms with van der Waals surface area (Å²) >= 11 is 1.68. The van der Waals surface area contributed by atoms with Gasteiger partial charge in [-0.25, -0.2) is 0 Å². The van der Waals surface area contributed by atoms with Crippen LogP contribution in [-0.2, 0) is 23.4 Å². The largest absolute Gasteiger partial charge is 0.349 e. The molecule has 0 bridgehead atoms. The van der Waals surface area contributed by atoms with Crippen molar-refractivity contribution in [2.75, 3.05) is 5.75 Å². The quantitative estimate of drug-likeness (QED) is 0.793. The number of carbonyl (C=O) groups excluding carboxylic acids is 1. The lowest BCUT2D eigenvalue weighted by Crippen LogP contribution is -2.28. The highest BCUT2D eigenvalue weighted by atomic mass is 32.2. The molecule has 1 aliphatic rings. The third-order valence-corrected chi connectivity index (χ3v) is 5.98. The molecule has 0 spiro atoms. The first-order valence-corrected chi connectivity index (χ1v) is 10.3. The molecule has 0 saturated heterocycles. The molecule has 0 aromatic heterocycles. The third-order valence-electron chi connectivity index (χ3n) is 5.00. The van der Waals surface area contributed by atoms with Gasteiger partial charge in [0.1, 0.15) is 0 Å². The maximum Gasteiger partial charge on any atom is 0.230 e. The van der Waals surface area contributed by atoms with Crippen LogP contribution in [0, 0.1) is 6.92 Å². The van der Waals surface area contributed by atoms with Crippen LogP contribution in [0.5, 0.6) is 0 Å². The SMILES string of the molecule is Cc1ccccc1CSCC(=O)NC(C)c1ccc2c(c1)CCCC2. The molecule has 0 heterocycles. The predicted octanol–water partition coefficient (Wildman–Crippen LogP) is 4.98. The summed E-state index contributed by atoms with van der Waals surface area (Å²) in [5, 5.41) is 3.14. The van der Waals surface area contributed by atoms with Crippen molar-refractivity contribution in [2.45, 2.75) is 51.3 Å². The van der Waals surface area contributed by atoms with Gasteiger partial charge in [0.25, 0.3) is 0 Å². The molecule has 0 radical (unpaired) electrons. The summed E-state index contributed by atoms with van der Waals surface area (Å²) in [5.74, 6) is 1.50. The summed E-state index contributed by atoms with van der Waals surface area (Å²) in [6.45, 7) is 4.20. The van der Waals surface area contributed by atoms with Gasteiger partial charge in [0.2, 0.25) is 5.91 Å². The van der Waals surface area contributed by atoms with Gasteiger partial charge in [-0.15, -0.1) is 11.8 Å². The van der Waals surface area contributed by atoms with Crippen molar-refractivity contribution in [1.29, 1.82) is 0 Å². The number of fused-ring (bicyclic) bond motifs is 1. The van der Waals surface area contributed by atoms with E-state index in [1.54, 1.807) is 11.8 Å². The fraction of sp³-hybridized carbons (Fsp3) is 0.409. The van der Waals surface area contributed by atoms with Crippen LogP contribution >= 0.6 is 11.8 Å². The number of hydrogen-bond acceptors (Lipinski definition) is 2. The van der Waals surface area contributed by atoms with Gasteiger partial charge < -0.3 is 5.32 Å². The summed E-state index contributed by atoms with van der Waals surface area (Å²) in [4.78, 5) is 12.3. The van der Waals surface area contributed by atoms with E-state index in [1.807, 2.05) is 0 Å². The van der Waals surface area contributed by atoms with Gasteiger partial charge in [-0.3, -0.25) is 4.79 Å². The Balaban J connectivity index is 1.50. The third kappa shape index (κ3) is 4.88. The minimum Gasteiger partial charge on any atom is -0.349 e. The molecule has 3 rings (SSSR count). The van der Waals surface area contributed by atoms with Crippen LogP contribution in [0.4, 0.5) is 0 Å². The van der Waals surface area contributed by atoms with E-state index >= 15 is 0 Å². The molecule has 2 nitrogen and oxygen atoms in total. The standard InChI is InChI=1S/C22H27NOS/c1-16-7-3-4-10-21(16)14-25-15-22(24)23-17(2)19-12-11-18-8-5-6-9-20(18)13-19/h3-4,7,10-13,17H,5-6,8-9,14-15H2,1-2H3,(H,23,24). The second kappa shape index (κ2) is 8.57. The fourth-order valence-corrected chi connectivity index (χ4v) is 4.33. The summed E-state index contributed by atoms with van der Waals surface area (Å²) in [5.41, 5.74) is 6.78. The number of thioether (sulfide) groups is 1. The second-order valence-corrected chi connectivity index (χ2v) is 7.93. The van der Waals surface area contributed by atoms with Crippen molar-refractivity contribution in [3.8, 4) is 0 Å². The van der Waals surface area contributed by atoms with Crippen LogP contribution in [0.3, 0.4) is 0 Å². The molecule has 0 aliphatic heterocycles. The Bertz CT molecular complexity index is 741. The van der Waals surface area contributed by atoms with E-state index in [9.17, 15) is 4.79 Å². The minimum absolute atomic E-state index is 0.0683. The van der Waals surface area contributed by atoms with Crippen LogP contribution in [0.25, 0.3) is 0 Å². The van der Waals surface area contributed by atoms with Crippen molar-refractivity contribution in [2.24, 2.45) is 0 Å². The predicted molar refractivity (Wildman–Crippen MR) is 107 cm³/mol. The molecule has 25 heavy (non-hydrogen) atoms. The number of rotatable bonds is 6. The average molecular weight is 354 g/mol. The first-order valence-electron chi connectivity index (χ1n) is 9.17. The smallest absolute Gasteiger partial charge is 0.230 e. The molecule has 0 saturated carbocycles. The topological polar surface area (TPSA) is 29.1 Å². The van der Waals surface area contributed by atoms with Crippen LogP contribution in [0.15, 0.2) is 42.5 Å². The van der Waals surface area contributed by atoms with E-state index < -0.39 is 0 Å². The van der Waals surface area contributed by atoms with E-state index in [4.69, 9.17) is 0 Å². The number of hydrogen-bond donors (Lipinski definition) is 1. The first-order chi connectivity index (χ1) is 12.1. The Hall–Kier alpha value is -1.74. The Morgan fingerprint density at radius 1 is 1.12 bits per heavy atom. The molecule has 2 aromatic carbocycles. The maximum absolute atomic E-state index is 12.3. The number of amides is 1. The van der Waals surface area contributed by atoms with Crippen LogP contribution < -0.4 is 5.32 Å². The number of carbonyl (C=O) groups is 1. The highest BCUT2D eigenvalue weighted by Gasteiger charge is 2.14. The lowest BCUT2D eigenvalue weighted by molar-refractivity contribution is -0.119. The van der Waals surface area contributed by atoms with Gasteiger partial charge in [-0.1, -0.05) is 42.5 Å². The van der Waals surface area contributed by atoms with Crippen molar-refractivity contribution in [3.63, 3.8) is 0 Å². The summed E-state index contributed by atoms with van der Waals surface area (Å²) in [6, 6.07) is 15.1. The van der Waals surface area contributed by atoms with Crippen molar-refractivity contribution >= 4 is 17.7 Å². The Labute approximate surface area is 155 Å². The molecular formula is C22H27NOS. The Kier molecular flexibility index (Phi) is 6.19. The van der Waals surface area contributed by atoms with Gasteiger partial charge in [0.15, 0.2) is 0 Å². The van der Waals surface area contributed by atoms with E-state index in [1.165, 1.54) is 53.5 Å². The van der Waals surface area contributed by atoms with E-state index in [2.05, 4.69) is 61.6 Å². The van der Waals surface area contributed by atoms with E-state index in [-0.39, 0.29) is 11.9 Å². The van der Waals surface area contributed by atoms with E-state index in [0.29, 0.717) is 5.75 Å². The van der Waals surface area contributed by atoms with Crippen LogP contribution in [0.2, 0.25) is 0 Å². The van der Waals surface area contributed by atoms with Gasteiger partial charge in [0, 0.05) is 5.75 Å². The molecule has 1 amide bonds. The molecule has 1 aliphatic carbocycles. The minimum atomic E-state index is 0.0683. The van der Waals surface area contributed by atoms with E-state index in [0.717, 1.165) is 5.75 Å². The molecule has 0 fully saturated rings. The Morgan fingerprint density at radius 2 is 1.88 bits per heavy atom. The fourth-order valence-electron chi connectivity index (χ4n) is 3.41. The highest BCUT2D eigenvalue weighted by molar-refractivity contribution is 7.99. The molecule has 3 heteroatoms. The van der Waals surface area contributed by atoms with Gasteiger partial charge >= 0.3 is 0 Å². The lowest BCUT2D eigenvalue weighted by atomic mass is 9.89. The zero-order valence-electron chi connectivity index (χ0n) is 15.2. The molecule has 2 aromatic rings. The highest BCUT2D eigenvalue weighted by Crippen LogP contribution is 2.25. The summed E-state index contributed by atoms with van der Waals surface area (Å²) < 4.78 is 0. The van der Waals surface area contributed by atoms with Crippen molar-refractivity contribution in [1.82, 2.24) is 5.32 Å². The van der Waals surface area contributed by atoms with Crippen molar-refractivity contribution in [3.05, 3.63) is 70.3 Å². The zero-order chi connectivity index (χ0) is 17.6. The van der Waals surface area contributed by atoms with Crippen LogP contribution in [0.1, 0.15) is 53.6 Å². The maximum atomic E-state index is 12.3. The normalized spacial score (nSPS) is 14.6. The molecule has 132 valence electrons. The Morgan fingerprint density at radius 3 is 2.68 bits per heavy atom. The summed E-state index contributed by atoms with van der Waals surface area (Å²) in [6.07, 6.45) is 4.96. The molecule has 1 unspecified atom stereocenters. The molecule has 1 N–H and O–H groups in total. The monoisotopic (exact) mass is 353 g/mol. The number of benzene rings is 2. The van der Waals surface area contributed by atoms with Gasteiger partial charge in [0.05, 0.1) is 11.8 Å². The summed E-state index contributed by atoms with van der Waals surface area (Å²) in [7, 11) is 0. The number of aryl methyl sites for hydroxylation is 3.